The maximum Gasteiger partial charge on any atom is 0.162 e. The zero-order chi connectivity index (χ0) is 30.9. The molecule has 0 aliphatic carbocycles. The molecule has 1 aromatic heterocycles. The third-order valence-corrected chi connectivity index (χ3v) is 8.96. The molecule has 1 unspecified atom stereocenters. The van der Waals surface area contributed by atoms with Crippen LogP contribution in [0.2, 0.25) is 0 Å². The van der Waals surface area contributed by atoms with E-state index in [1.807, 2.05) is 24.0 Å². The molecule has 0 bridgehead atoms. The highest BCUT2D eigenvalue weighted by Crippen LogP contribution is 2.39. The Balaban J connectivity index is 1.37. The van der Waals surface area contributed by atoms with E-state index in [1.54, 1.807) is 0 Å². The summed E-state index contributed by atoms with van der Waals surface area (Å²) in [5.74, 6) is 1.57. The monoisotopic (exact) mass is 584 g/mol. The van der Waals surface area contributed by atoms with Gasteiger partial charge in [0.25, 0.3) is 0 Å². The largest absolute Gasteiger partial charge is 0.369 e. The lowest BCUT2D eigenvalue weighted by Crippen LogP contribution is -2.43. The number of aromatic nitrogens is 2. The number of unbranched alkanes of at least 4 members (excludes halogenated alkanes) is 2. The van der Waals surface area contributed by atoms with Gasteiger partial charge in [0.2, 0.25) is 0 Å². The number of benzene rings is 1. The Kier molecular flexibility index (Phi) is 11.5. The first-order valence-electron chi connectivity index (χ1n) is 16.2. The predicted molar refractivity (Wildman–Crippen MR) is 183 cm³/mol. The first-order valence-corrected chi connectivity index (χ1v) is 16.2. The fourth-order valence-electron chi connectivity index (χ4n) is 5.91. The molecule has 3 heterocycles. The average molecular weight is 585 g/mol. The number of hydrogen-bond donors (Lipinski definition) is 2. The van der Waals surface area contributed by atoms with Crippen molar-refractivity contribution in [3.8, 4) is 0 Å². The zero-order valence-corrected chi connectivity index (χ0v) is 27.1. The molecular formula is C36H52N6O. The van der Waals surface area contributed by atoms with E-state index in [1.165, 1.54) is 22.6 Å². The summed E-state index contributed by atoms with van der Waals surface area (Å²) in [5, 5.41) is 11.5. The van der Waals surface area contributed by atoms with Crippen LogP contribution in [-0.4, -0.2) is 48.3 Å². The van der Waals surface area contributed by atoms with Crippen molar-refractivity contribution in [2.75, 3.05) is 47.8 Å². The number of Topliss-reactive ketones (excluding diaryl/α,β-unsaturated/α-hetero) is 1. The normalized spacial score (nSPS) is 16.3. The van der Waals surface area contributed by atoms with Crippen LogP contribution in [-0.2, 0) is 18.3 Å². The number of hydrogen-bond acceptors (Lipinski definition) is 6. The molecule has 0 spiro atoms. The van der Waals surface area contributed by atoms with Gasteiger partial charge in [0, 0.05) is 68.7 Å². The van der Waals surface area contributed by atoms with Gasteiger partial charge in [0.1, 0.15) is 5.82 Å². The number of carbonyl (C=O) groups excluding carboxylic acids is 1. The Bertz CT molecular complexity index is 1360. The summed E-state index contributed by atoms with van der Waals surface area (Å²) in [6.45, 7) is 22.3. The van der Waals surface area contributed by atoms with Crippen LogP contribution < -0.4 is 20.4 Å². The summed E-state index contributed by atoms with van der Waals surface area (Å²) in [5.41, 5.74) is 8.69. The number of rotatable bonds is 15. The number of ketones is 1. The second-order valence-electron chi connectivity index (χ2n) is 12.1. The third kappa shape index (κ3) is 8.08. The molecule has 232 valence electrons. The van der Waals surface area contributed by atoms with Crippen molar-refractivity contribution < 1.29 is 4.79 Å². The van der Waals surface area contributed by atoms with Crippen molar-refractivity contribution in [2.24, 2.45) is 13.0 Å². The molecule has 43 heavy (non-hydrogen) atoms. The number of aryl methyl sites for hydroxylation is 1. The molecule has 4 rings (SSSR count). The maximum atomic E-state index is 13.0. The Morgan fingerprint density at radius 2 is 1.91 bits per heavy atom. The van der Waals surface area contributed by atoms with Gasteiger partial charge in [-0.25, -0.2) is 0 Å². The highest BCUT2D eigenvalue weighted by atomic mass is 16.1. The maximum absolute atomic E-state index is 13.0. The van der Waals surface area contributed by atoms with Crippen LogP contribution in [0.3, 0.4) is 0 Å². The second-order valence-corrected chi connectivity index (χ2v) is 12.1. The second kappa shape index (κ2) is 15.2. The summed E-state index contributed by atoms with van der Waals surface area (Å²) in [4.78, 5) is 17.8. The molecule has 1 aromatic carbocycles. The van der Waals surface area contributed by atoms with Crippen molar-refractivity contribution in [3.63, 3.8) is 0 Å². The fourth-order valence-corrected chi connectivity index (χ4v) is 5.91. The molecule has 2 aliphatic heterocycles. The summed E-state index contributed by atoms with van der Waals surface area (Å²) >= 11 is 0. The molecule has 0 amide bonds. The highest BCUT2D eigenvalue weighted by Gasteiger charge is 2.24. The van der Waals surface area contributed by atoms with Crippen LogP contribution in [0.15, 0.2) is 66.7 Å². The molecule has 1 atom stereocenters. The van der Waals surface area contributed by atoms with E-state index in [0.717, 1.165) is 99.5 Å². The van der Waals surface area contributed by atoms with Gasteiger partial charge in [0.05, 0.1) is 17.6 Å². The molecule has 2 aromatic rings. The van der Waals surface area contributed by atoms with E-state index >= 15 is 0 Å². The van der Waals surface area contributed by atoms with E-state index in [-0.39, 0.29) is 5.78 Å². The number of nitrogens with zero attached hydrogens (tertiary/aromatic N) is 4. The van der Waals surface area contributed by atoms with Gasteiger partial charge in [-0.3, -0.25) is 9.48 Å². The quantitative estimate of drug-likeness (QED) is 0.131. The number of anilines is 3. The van der Waals surface area contributed by atoms with Crippen molar-refractivity contribution in [3.05, 3.63) is 77.9 Å². The lowest BCUT2D eigenvalue weighted by Gasteiger charge is -2.30. The number of nitrogens with one attached hydrogen (secondary N) is 2. The van der Waals surface area contributed by atoms with Crippen molar-refractivity contribution in [2.45, 2.75) is 72.6 Å². The summed E-state index contributed by atoms with van der Waals surface area (Å²) in [6.07, 6.45) is 12.5. The Hall–Kier alpha value is -3.58. The Morgan fingerprint density at radius 3 is 2.63 bits per heavy atom. The fraction of sp³-hybridized carbons (Fsp3) is 0.500. The van der Waals surface area contributed by atoms with Gasteiger partial charge < -0.3 is 20.4 Å². The van der Waals surface area contributed by atoms with Gasteiger partial charge in [-0.15, -0.1) is 0 Å². The summed E-state index contributed by atoms with van der Waals surface area (Å²) in [7, 11) is 2.00. The van der Waals surface area contributed by atoms with Crippen LogP contribution in [0.1, 0.15) is 77.5 Å². The average Bonchev–Trinajstić information content (AvgIpc) is 3.54. The minimum atomic E-state index is 0.177. The summed E-state index contributed by atoms with van der Waals surface area (Å²) < 4.78 is 1.96. The molecule has 1 saturated heterocycles. The van der Waals surface area contributed by atoms with E-state index < -0.39 is 0 Å². The Labute approximate surface area is 259 Å². The molecule has 2 aliphatic rings. The Morgan fingerprint density at radius 1 is 1.14 bits per heavy atom. The van der Waals surface area contributed by atoms with Crippen molar-refractivity contribution >= 4 is 28.4 Å². The van der Waals surface area contributed by atoms with Crippen LogP contribution in [0.5, 0.6) is 0 Å². The predicted octanol–water partition coefficient (Wildman–Crippen LogP) is 7.25. The molecule has 0 radical (unpaired) electrons. The number of carbonyl (C=O) groups is 1. The smallest absolute Gasteiger partial charge is 0.162 e. The lowest BCUT2D eigenvalue weighted by atomic mass is 9.93. The molecular weight excluding hydrogens is 532 g/mol. The SMILES string of the molecule is C=C(/C=C(\C=C(\C)C(C)CC)C(=O)CCC)c1cnn(C)c1CCCCCN1C(=C)Nc2ccc(N3CCNCC3)cc21. The van der Waals surface area contributed by atoms with Gasteiger partial charge in [0.15, 0.2) is 5.78 Å². The third-order valence-electron chi connectivity index (χ3n) is 8.96. The topological polar surface area (TPSA) is 65.4 Å². The molecule has 1 fully saturated rings. The van der Waals surface area contributed by atoms with E-state index in [4.69, 9.17) is 0 Å². The first-order chi connectivity index (χ1) is 20.7. The molecule has 0 saturated carbocycles. The lowest BCUT2D eigenvalue weighted by molar-refractivity contribution is -0.115. The van der Waals surface area contributed by atoms with E-state index in [0.29, 0.717) is 12.3 Å². The van der Waals surface area contributed by atoms with Crippen LogP contribution in [0, 0.1) is 5.92 Å². The molecule has 7 heteroatoms. The minimum Gasteiger partial charge on any atom is -0.369 e. The number of allylic oxidation sites excluding steroid dienone is 5. The number of piperazine rings is 1. The van der Waals surface area contributed by atoms with Gasteiger partial charge in [-0.2, -0.15) is 5.10 Å². The summed E-state index contributed by atoms with van der Waals surface area (Å²) in [6, 6.07) is 6.71. The van der Waals surface area contributed by atoms with Gasteiger partial charge in [-0.05, 0) is 74.8 Å². The van der Waals surface area contributed by atoms with E-state index in [2.05, 4.69) is 90.7 Å². The number of fused-ring (bicyclic) bond motifs is 1. The molecule has 2 N–H and O–H groups in total. The zero-order valence-electron chi connectivity index (χ0n) is 27.1. The van der Waals surface area contributed by atoms with Gasteiger partial charge >= 0.3 is 0 Å². The van der Waals surface area contributed by atoms with Crippen LogP contribution in [0.4, 0.5) is 17.1 Å². The minimum absolute atomic E-state index is 0.177. The van der Waals surface area contributed by atoms with Gasteiger partial charge in [-0.1, -0.05) is 52.0 Å². The van der Waals surface area contributed by atoms with E-state index in [9.17, 15) is 4.79 Å². The molecule has 7 nitrogen and oxygen atoms in total. The highest BCUT2D eigenvalue weighted by molar-refractivity contribution is 6.00. The first kappa shape index (κ1) is 32.3. The van der Waals surface area contributed by atoms with Crippen LogP contribution in [0.25, 0.3) is 5.57 Å². The van der Waals surface area contributed by atoms with Crippen molar-refractivity contribution in [1.29, 1.82) is 0 Å². The van der Waals surface area contributed by atoms with Crippen molar-refractivity contribution in [1.82, 2.24) is 15.1 Å². The van der Waals surface area contributed by atoms with Crippen LogP contribution >= 0.6 is 0 Å². The standard InChI is InChI=1S/C36H52N6O/c1-8-13-36(43)30(22-27(4)26(3)9-2)23-28(5)32-25-38-40(7)34(32)14-11-10-12-19-42-29(6)39-33-16-15-31(24-35(33)42)41-20-17-37-18-21-41/h15-16,22-26,37,39H,5-6,8-14,17-21H2,1-4,7H3/b27-22-,30-23+.